The number of anilines is 1. The van der Waals surface area contributed by atoms with Crippen molar-refractivity contribution in [1.29, 1.82) is 0 Å². The molecule has 1 N–H and O–H groups in total. The number of hydrogen-bond acceptors (Lipinski definition) is 6. The van der Waals surface area contributed by atoms with Gasteiger partial charge in [-0.3, -0.25) is 0 Å². The lowest BCUT2D eigenvalue weighted by Gasteiger charge is -2.24. The first kappa shape index (κ1) is 17.9. The van der Waals surface area contributed by atoms with Crippen molar-refractivity contribution >= 4 is 26.7 Å². The number of hydrogen-bond donors (Lipinski definition) is 1. The minimum absolute atomic E-state index is 0.237. The Balaban J connectivity index is 1.72. The fraction of sp³-hybridized carbons (Fsp3) is 0.300. The van der Waals surface area contributed by atoms with Crippen LogP contribution in [0.4, 0.5) is 5.95 Å². The van der Waals surface area contributed by atoms with Gasteiger partial charge in [0, 0.05) is 18.2 Å². The quantitative estimate of drug-likeness (QED) is 0.748. The average Bonchev–Trinajstić information content (AvgIpc) is 3.05. The third-order valence-electron chi connectivity index (χ3n) is 5.12. The first-order valence-corrected chi connectivity index (χ1v) is 10.7. The number of nitrogens with zero attached hydrogens (tertiary/aromatic N) is 3. The SMILES string of the molecule is Cc1nc(N2CC[C@](O)(c3ccccc3)C2)nc2cc(S(C)(=O)=O)ccc12. The average molecular weight is 383 g/mol. The molecule has 0 unspecified atom stereocenters. The van der Waals surface area contributed by atoms with E-state index in [0.717, 1.165) is 16.6 Å². The Hall–Kier alpha value is -2.51. The van der Waals surface area contributed by atoms with Gasteiger partial charge < -0.3 is 10.0 Å². The van der Waals surface area contributed by atoms with Crippen LogP contribution in [0.2, 0.25) is 0 Å². The predicted octanol–water partition coefficient (Wildman–Crippen LogP) is 2.44. The highest BCUT2D eigenvalue weighted by atomic mass is 32.2. The number of benzene rings is 2. The van der Waals surface area contributed by atoms with Gasteiger partial charge in [0.05, 0.1) is 22.7 Å². The van der Waals surface area contributed by atoms with E-state index in [-0.39, 0.29) is 4.90 Å². The van der Waals surface area contributed by atoms with E-state index in [0.29, 0.717) is 31.0 Å². The van der Waals surface area contributed by atoms with Gasteiger partial charge in [0.15, 0.2) is 9.84 Å². The molecule has 7 heteroatoms. The molecule has 3 aromatic rings. The number of fused-ring (bicyclic) bond motifs is 1. The summed E-state index contributed by atoms with van der Waals surface area (Å²) in [6.07, 6.45) is 1.77. The molecule has 1 saturated heterocycles. The fourth-order valence-corrected chi connectivity index (χ4v) is 4.21. The Morgan fingerprint density at radius 3 is 2.56 bits per heavy atom. The van der Waals surface area contributed by atoms with Crippen molar-refractivity contribution in [2.24, 2.45) is 0 Å². The molecule has 1 aromatic heterocycles. The highest BCUT2D eigenvalue weighted by Crippen LogP contribution is 2.34. The summed E-state index contributed by atoms with van der Waals surface area (Å²) in [6.45, 7) is 2.91. The van der Waals surface area contributed by atoms with E-state index in [1.165, 1.54) is 6.26 Å². The number of rotatable bonds is 3. The monoisotopic (exact) mass is 383 g/mol. The Morgan fingerprint density at radius 2 is 1.85 bits per heavy atom. The second-order valence-corrected chi connectivity index (χ2v) is 9.15. The summed E-state index contributed by atoms with van der Waals surface area (Å²) in [7, 11) is -3.31. The standard InChI is InChI=1S/C20H21N3O3S/c1-14-17-9-8-16(27(2,25)26)12-18(17)22-19(21-14)23-11-10-20(24,13-23)15-6-4-3-5-7-15/h3-9,12,24H,10-11,13H2,1-2H3/t20-/m1/s1. The number of aliphatic hydroxyl groups is 1. The van der Waals surface area contributed by atoms with E-state index in [1.807, 2.05) is 42.2 Å². The molecule has 4 rings (SSSR count). The van der Waals surface area contributed by atoms with Gasteiger partial charge in [-0.2, -0.15) is 0 Å². The summed E-state index contributed by atoms with van der Waals surface area (Å²) in [5.41, 5.74) is 1.31. The van der Waals surface area contributed by atoms with Gasteiger partial charge in [-0.25, -0.2) is 18.4 Å². The molecular weight excluding hydrogens is 362 g/mol. The molecule has 27 heavy (non-hydrogen) atoms. The summed E-state index contributed by atoms with van der Waals surface area (Å²) in [4.78, 5) is 11.4. The molecule has 0 amide bonds. The van der Waals surface area contributed by atoms with Crippen LogP contribution in [0.5, 0.6) is 0 Å². The van der Waals surface area contributed by atoms with Crippen molar-refractivity contribution < 1.29 is 13.5 Å². The lowest BCUT2D eigenvalue weighted by atomic mass is 9.93. The van der Waals surface area contributed by atoms with Gasteiger partial charge in [0.25, 0.3) is 0 Å². The Morgan fingerprint density at radius 1 is 1.11 bits per heavy atom. The van der Waals surface area contributed by atoms with Crippen LogP contribution in [0.3, 0.4) is 0 Å². The number of aryl methyl sites for hydroxylation is 1. The molecule has 1 aliphatic heterocycles. The van der Waals surface area contributed by atoms with Crippen LogP contribution in [0, 0.1) is 6.92 Å². The van der Waals surface area contributed by atoms with Gasteiger partial charge in [-0.15, -0.1) is 0 Å². The van der Waals surface area contributed by atoms with E-state index in [2.05, 4.69) is 9.97 Å². The molecule has 140 valence electrons. The maximum absolute atomic E-state index is 11.9. The van der Waals surface area contributed by atoms with Crippen molar-refractivity contribution in [3.8, 4) is 0 Å². The zero-order chi connectivity index (χ0) is 19.2. The summed E-state index contributed by atoms with van der Waals surface area (Å²) < 4.78 is 23.7. The third kappa shape index (κ3) is 3.28. The van der Waals surface area contributed by atoms with E-state index in [9.17, 15) is 13.5 Å². The number of sulfone groups is 1. The van der Waals surface area contributed by atoms with Crippen LogP contribution in [-0.2, 0) is 15.4 Å². The number of β-amino-alcohol motifs (C(OH)–C–C–N with tert-alkyl or cyclic N) is 1. The van der Waals surface area contributed by atoms with Crippen molar-refractivity contribution in [2.75, 3.05) is 24.2 Å². The normalized spacial score (nSPS) is 20.3. The van der Waals surface area contributed by atoms with Crippen molar-refractivity contribution in [2.45, 2.75) is 23.8 Å². The van der Waals surface area contributed by atoms with Gasteiger partial charge in [-0.1, -0.05) is 30.3 Å². The lowest BCUT2D eigenvalue weighted by molar-refractivity contribution is 0.0606. The topological polar surface area (TPSA) is 83.4 Å². The largest absolute Gasteiger partial charge is 0.383 e. The lowest BCUT2D eigenvalue weighted by Crippen LogP contribution is -2.31. The van der Waals surface area contributed by atoms with E-state index < -0.39 is 15.4 Å². The molecule has 2 heterocycles. The summed E-state index contributed by atoms with van der Waals surface area (Å²) in [6, 6.07) is 14.5. The number of aromatic nitrogens is 2. The zero-order valence-electron chi connectivity index (χ0n) is 15.3. The van der Waals surface area contributed by atoms with Crippen LogP contribution < -0.4 is 4.90 Å². The van der Waals surface area contributed by atoms with Crippen LogP contribution in [0.1, 0.15) is 17.7 Å². The second-order valence-electron chi connectivity index (χ2n) is 7.13. The zero-order valence-corrected chi connectivity index (χ0v) is 16.1. The first-order chi connectivity index (χ1) is 12.8. The van der Waals surface area contributed by atoms with Gasteiger partial charge in [0.1, 0.15) is 5.60 Å². The fourth-order valence-electron chi connectivity index (χ4n) is 3.57. The van der Waals surface area contributed by atoms with E-state index in [4.69, 9.17) is 0 Å². The second kappa shape index (κ2) is 6.28. The smallest absolute Gasteiger partial charge is 0.226 e. The molecule has 0 aliphatic carbocycles. The van der Waals surface area contributed by atoms with Gasteiger partial charge in [0.2, 0.25) is 5.95 Å². The molecule has 1 aliphatic rings. The summed E-state index contributed by atoms with van der Waals surface area (Å²) in [5.74, 6) is 0.512. The molecular formula is C20H21N3O3S. The molecule has 1 fully saturated rings. The van der Waals surface area contributed by atoms with Crippen molar-refractivity contribution in [3.05, 3.63) is 59.8 Å². The molecule has 1 atom stereocenters. The Bertz CT molecular complexity index is 1120. The third-order valence-corrected chi connectivity index (χ3v) is 6.23. The van der Waals surface area contributed by atoms with E-state index in [1.54, 1.807) is 18.2 Å². The predicted molar refractivity (Wildman–Crippen MR) is 105 cm³/mol. The maximum atomic E-state index is 11.9. The highest BCUT2D eigenvalue weighted by Gasteiger charge is 2.38. The summed E-state index contributed by atoms with van der Waals surface area (Å²) in [5, 5.41) is 11.9. The van der Waals surface area contributed by atoms with Crippen LogP contribution in [-0.4, -0.2) is 42.8 Å². The van der Waals surface area contributed by atoms with Crippen LogP contribution >= 0.6 is 0 Å². The molecule has 0 bridgehead atoms. The maximum Gasteiger partial charge on any atom is 0.226 e. The first-order valence-electron chi connectivity index (χ1n) is 8.78. The molecule has 0 spiro atoms. The minimum atomic E-state index is -3.31. The van der Waals surface area contributed by atoms with Gasteiger partial charge >= 0.3 is 0 Å². The highest BCUT2D eigenvalue weighted by molar-refractivity contribution is 7.90. The Labute approximate surface area is 158 Å². The summed E-state index contributed by atoms with van der Waals surface area (Å²) >= 11 is 0. The van der Waals surface area contributed by atoms with Crippen molar-refractivity contribution in [3.63, 3.8) is 0 Å². The minimum Gasteiger partial charge on any atom is -0.383 e. The molecule has 0 saturated carbocycles. The van der Waals surface area contributed by atoms with E-state index >= 15 is 0 Å². The molecule has 2 aromatic carbocycles. The van der Waals surface area contributed by atoms with Crippen molar-refractivity contribution in [1.82, 2.24) is 9.97 Å². The molecule has 0 radical (unpaired) electrons. The van der Waals surface area contributed by atoms with Crippen LogP contribution in [0.25, 0.3) is 10.9 Å². The Kier molecular flexibility index (Phi) is 4.16. The van der Waals surface area contributed by atoms with Gasteiger partial charge in [-0.05, 0) is 37.1 Å². The van der Waals surface area contributed by atoms with Crippen LogP contribution in [0.15, 0.2) is 53.4 Å². The molecule has 6 nitrogen and oxygen atoms in total.